The standard InChI is InChI=1S/C7H4N2O2.C7H7NO2.CH4.ClH.HNO2.Na/c8-9-6-4-2-1-3-5(6)7(10)11;8-6-4-2-1-3-5(6)7(9)10;;;2-1-3;/h1-4H;1-4H,8H2,(H,9,10);1H4;1H;(H,2,3);/q;;;;;+1/p-1. The molecule has 2 rings (SSSR count). The van der Waals surface area contributed by atoms with E-state index in [0.717, 1.165) is 5.34 Å². The Morgan fingerprint density at radius 1 is 1.00 bits per heavy atom. The molecule has 0 saturated heterocycles. The number of nitrogen functional groups attached to an aromatic ring is 1. The maximum Gasteiger partial charge on any atom is 1.00 e. The Labute approximate surface area is 183 Å². The van der Waals surface area contributed by atoms with Crippen molar-refractivity contribution in [1.82, 2.24) is 0 Å². The van der Waals surface area contributed by atoms with Crippen molar-refractivity contribution in [2.75, 3.05) is 5.73 Å². The first-order valence-corrected chi connectivity index (χ1v) is 6.09. The number of carbonyl (C=O) groups is 2. The average Bonchev–Trinajstić information content (AvgIpc) is 2.56. The molecule has 0 unspecified atom stereocenters. The predicted molar refractivity (Wildman–Crippen MR) is 91.9 cm³/mol. The number of anilines is 1. The summed E-state index contributed by atoms with van der Waals surface area (Å²) >= 11 is 0. The minimum atomic E-state index is -1.10. The van der Waals surface area contributed by atoms with Gasteiger partial charge in [0.1, 0.15) is 0 Å². The minimum Gasteiger partial charge on any atom is -1.00 e. The van der Waals surface area contributed by atoms with Crippen LogP contribution in [-0.2, 0) is 0 Å². The molecule has 140 valence electrons. The van der Waals surface area contributed by atoms with E-state index >= 15 is 0 Å². The summed E-state index contributed by atoms with van der Waals surface area (Å²) < 4.78 is 0. The van der Waals surface area contributed by atoms with E-state index in [1.807, 2.05) is 0 Å². The maximum absolute atomic E-state index is 10.4. The van der Waals surface area contributed by atoms with Gasteiger partial charge in [-0.2, -0.15) is 0 Å². The fourth-order valence-electron chi connectivity index (χ4n) is 1.43. The predicted octanol–water partition coefficient (Wildman–Crippen LogP) is -2.27. The Kier molecular flexibility index (Phi) is 21.4. The van der Waals surface area contributed by atoms with Crippen molar-refractivity contribution in [3.63, 3.8) is 0 Å². The number of nitrogens with zero attached hydrogens (tertiary/aromatic N) is 3. The fraction of sp³-hybridized carbons (Fsp3) is 0.0667. The molecule has 0 radical (unpaired) electrons. The summed E-state index contributed by atoms with van der Waals surface area (Å²) in [6, 6.07) is 12.3. The number of hydrogen-bond donors (Lipinski definition) is 3. The van der Waals surface area contributed by atoms with Gasteiger partial charge in [-0.3, -0.25) is 0 Å². The van der Waals surface area contributed by atoms with E-state index in [1.165, 1.54) is 18.2 Å². The maximum atomic E-state index is 10.4. The van der Waals surface area contributed by atoms with Crippen LogP contribution in [0.3, 0.4) is 0 Å². The van der Waals surface area contributed by atoms with Crippen molar-refractivity contribution < 1.29 is 61.8 Å². The summed E-state index contributed by atoms with van der Waals surface area (Å²) in [4.78, 5) is 31.6. The number of para-hydroxylation sites is 1. The molecule has 2 aromatic rings. The third-order valence-corrected chi connectivity index (χ3v) is 2.43. The van der Waals surface area contributed by atoms with Crippen molar-refractivity contribution in [3.05, 3.63) is 74.7 Å². The van der Waals surface area contributed by atoms with Gasteiger partial charge in [0.25, 0.3) is 0 Å². The van der Waals surface area contributed by atoms with Crippen LogP contribution in [-0.4, -0.2) is 22.2 Å². The third kappa shape index (κ3) is 12.3. The normalized spacial score (nSPS) is 7.37. The zero-order chi connectivity index (χ0) is 18.5. The van der Waals surface area contributed by atoms with Crippen LogP contribution in [0.15, 0.2) is 53.9 Å². The molecule has 0 aromatic heterocycles. The number of hydrogen-bond acceptors (Lipinski definition) is 7. The van der Waals surface area contributed by atoms with E-state index in [2.05, 4.69) is 4.98 Å². The second-order valence-corrected chi connectivity index (χ2v) is 3.89. The molecule has 0 heterocycles. The van der Waals surface area contributed by atoms with Gasteiger partial charge in [-0.05, 0) is 18.2 Å². The van der Waals surface area contributed by atoms with Gasteiger partial charge >= 0.3 is 47.2 Å². The number of halogens is 1. The Morgan fingerprint density at radius 3 is 1.67 bits per heavy atom. The number of carboxylic acids is 2. The fourth-order valence-corrected chi connectivity index (χ4v) is 1.43. The molecule has 0 saturated carbocycles. The molecule has 0 bridgehead atoms. The van der Waals surface area contributed by atoms with Gasteiger partial charge in [-0.15, -0.1) is 5.34 Å². The number of nitrogens with two attached hydrogens (primary N) is 1. The molecule has 0 atom stereocenters. The van der Waals surface area contributed by atoms with Crippen LogP contribution in [0.5, 0.6) is 0 Å². The van der Waals surface area contributed by atoms with E-state index in [1.54, 1.807) is 30.3 Å². The largest absolute Gasteiger partial charge is 1.00 e. The summed E-state index contributed by atoms with van der Waals surface area (Å²) in [5.74, 6) is -2.09. The van der Waals surface area contributed by atoms with Crippen LogP contribution in [0.2, 0.25) is 0 Å². The van der Waals surface area contributed by atoms with Gasteiger partial charge in [0.05, 0.1) is 5.56 Å². The Hall–Kier alpha value is -2.71. The number of diazo groups is 1. The molecule has 27 heavy (non-hydrogen) atoms. The van der Waals surface area contributed by atoms with E-state index in [9.17, 15) is 9.59 Å². The second-order valence-electron chi connectivity index (χ2n) is 3.89. The Morgan fingerprint density at radius 2 is 1.37 bits per heavy atom. The first-order chi connectivity index (χ1) is 11.4. The van der Waals surface area contributed by atoms with Crippen LogP contribution in [0.4, 0.5) is 11.4 Å². The van der Waals surface area contributed by atoms with Crippen LogP contribution in [0, 0.1) is 15.5 Å². The van der Waals surface area contributed by atoms with Gasteiger partial charge < -0.3 is 38.5 Å². The molecule has 0 aliphatic heterocycles. The molecule has 0 amide bonds. The van der Waals surface area contributed by atoms with Crippen LogP contribution >= 0.6 is 0 Å². The van der Waals surface area contributed by atoms with Gasteiger partial charge in [-0.25, -0.2) is 9.59 Å². The Balaban J connectivity index is -0.000000156. The van der Waals surface area contributed by atoms with Crippen molar-refractivity contribution in [3.8, 4) is 0 Å². The quantitative estimate of drug-likeness (QED) is 0.164. The zero-order valence-corrected chi connectivity index (χ0v) is 16.2. The van der Waals surface area contributed by atoms with E-state index in [4.69, 9.17) is 31.5 Å². The van der Waals surface area contributed by atoms with Crippen molar-refractivity contribution in [2.45, 2.75) is 7.43 Å². The number of carboxylic acid groups (broad SMARTS) is 2. The topological polar surface area (TPSA) is 181 Å². The van der Waals surface area contributed by atoms with Gasteiger partial charge in [0.15, 0.2) is 10.5 Å². The summed E-state index contributed by atoms with van der Waals surface area (Å²) in [6.45, 7) is 0. The van der Waals surface area contributed by atoms with E-state index < -0.39 is 11.9 Å². The van der Waals surface area contributed by atoms with Gasteiger partial charge in [0.2, 0.25) is 5.39 Å². The van der Waals surface area contributed by atoms with Crippen molar-refractivity contribution in [1.29, 1.82) is 5.39 Å². The monoisotopic (exact) mass is 406 g/mol. The molecule has 4 N–H and O–H groups in total. The molecular formula is C15H16ClN4NaO6. The summed E-state index contributed by atoms with van der Waals surface area (Å²) in [5, 5.41) is 34.3. The van der Waals surface area contributed by atoms with Crippen LogP contribution < -0.4 is 47.7 Å². The molecule has 10 nitrogen and oxygen atoms in total. The van der Waals surface area contributed by atoms with Crippen LogP contribution in [0.1, 0.15) is 28.1 Å². The Bertz CT molecular complexity index is 770. The number of aromatic carboxylic acids is 2. The first-order valence-electron chi connectivity index (χ1n) is 6.09. The first kappa shape index (κ1) is 32.0. The molecular weight excluding hydrogens is 391 g/mol. The van der Waals surface area contributed by atoms with Gasteiger partial charge in [-0.1, -0.05) is 31.7 Å². The summed E-state index contributed by atoms with van der Waals surface area (Å²) in [6.07, 6.45) is 0. The third-order valence-electron chi connectivity index (χ3n) is 2.43. The minimum absolute atomic E-state index is 0. The molecule has 2 aromatic carbocycles. The molecule has 12 heteroatoms. The SMILES string of the molecule is C.N#[N+]c1ccccc1C(=O)O.Nc1ccccc1C(=O)O.O=N[O-].[Cl-].[Na+]. The zero-order valence-electron chi connectivity index (χ0n) is 13.4. The van der Waals surface area contributed by atoms with Gasteiger partial charge in [0, 0.05) is 11.8 Å². The second kappa shape index (κ2) is 18.1. The number of rotatable bonds is 2. The van der Waals surface area contributed by atoms with Crippen molar-refractivity contribution >= 4 is 23.3 Å². The van der Waals surface area contributed by atoms with Crippen LogP contribution in [0.25, 0.3) is 4.98 Å². The molecule has 0 aliphatic rings. The smallest absolute Gasteiger partial charge is 1.00 e. The molecule has 0 fully saturated rings. The summed E-state index contributed by atoms with van der Waals surface area (Å²) in [7, 11) is 0. The van der Waals surface area contributed by atoms with Crippen molar-refractivity contribution in [2.24, 2.45) is 5.34 Å². The summed E-state index contributed by atoms with van der Waals surface area (Å²) in [5.41, 5.74) is 5.86. The molecule has 0 aliphatic carbocycles. The molecule has 0 spiro atoms. The van der Waals surface area contributed by atoms with E-state index in [0.29, 0.717) is 5.69 Å². The number of benzene rings is 2. The van der Waals surface area contributed by atoms with E-state index in [-0.39, 0.29) is 66.2 Å². The average molecular weight is 407 g/mol.